The second kappa shape index (κ2) is 9.84. The highest BCUT2D eigenvalue weighted by Crippen LogP contribution is 2.30. The average Bonchev–Trinajstić information content (AvgIpc) is 3.14. The Labute approximate surface area is 185 Å². The number of carbonyl (C=O) groups excluding carboxylic acids is 1. The van der Waals surface area contributed by atoms with E-state index in [0.29, 0.717) is 23.9 Å². The first-order chi connectivity index (χ1) is 15.6. The van der Waals surface area contributed by atoms with Crippen LogP contribution in [0, 0.1) is 6.92 Å². The zero-order chi connectivity index (χ0) is 24.2. The number of amides is 1. The van der Waals surface area contributed by atoms with E-state index < -0.39 is 24.3 Å². The van der Waals surface area contributed by atoms with Crippen molar-refractivity contribution in [1.29, 1.82) is 0 Å². The SMILES string of the molecule is COc1ccc(CCNC(=O)c2cnn(-c3ccc(C(F)(F)F)cn3)c2C)cc1OC(F)F. The molecule has 0 bridgehead atoms. The van der Waals surface area contributed by atoms with E-state index in [9.17, 15) is 26.7 Å². The Hall–Kier alpha value is -3.70. The number of nitrogens with one attached hydrogen (secondary N) is 1. The molecule has 0 radical (unpaired) electrons. The molecule has 0 spiro atoms. The largest absolute Gasteiger partial charge is 0.493 e. The Morgan fingerprint density at radius 3 is 2.52 bits per heavy atom. The van der Waals surface area contributed by atoms with Crippen molar-refractivity contribution in [2.24, 2.45) is 0 Å². The van der Waals surface area contributed by atoms with Gasteiger partial charge in [-0.3, -0.25) is 4.79 Å². The molecule has 0 aliphatic heterocycles. The summed E-state index contributed by atoms with van der Waals surface area (Å²) in [6.45, 7) is -1.24. The fourth-order valence-electron chi connectivity index (χ4n) is 3.02. The number of alkyl halides is 5. The van der Waals surface area contributed by atoms with Gasteiger partial charge in [0.1, 0.15) is 0 Å². The number of pyridine rings is 1. The van der Waals surface area contributed by atoms with Gasteiger partial charge >= 0.3 is 12.8 Å². The first kappa shape index (κ1) is 24.0. The maximum Gasteiger partial charge on any atom is 0.417 e. The molecule has 1 amide bonds. The Morgan fingerprint density at radius 2 is 1.91 bits per heavy atom. The van der Waals surface area contributed by atoms with Crippen LogP contribution in [0.5, 0.6) is 11.5 Å². The topological polar surface area (TPSA) is 78.3 Å². The highest BCUT2D eigenvalue weighted by Gasteiger charge is 2.30. The normalized spacial score (nSPS) is 11.5. The molecule has 1 N–H and O–H groups in total. The molecule has 1 aromatic carbocycles. The monoisotopic (exact) mass is 470 g/mol. The highest BCUT2D eigenvalue weighted by atomic mass is 19.4. The van der Waals surface area contributed by atoms with E-state index in [0.717, 1.165) is 12.1 Å². The summed E-state index contributed by atoms with van der Waals surface area (Å²) < 4.78 is 73.9. The van der Waals surface area contributed by atoms with Gasteiger partial charge in [0.15, 0.2) is 17.3 Å². The number of benzene rings is 1. The molecule has 3 aromatic rings. The quantitative estimate of drug-likeness (QED) is 0.500. The molecule has 0 fully saturated rings. The Morgan fingerprint density at radius 1 is 1.15 bits per heavy atom. The second-order valence-electron chi connectivity index (χ2n) is 6.83. The van der Waals surface area contributed by atoms with Gasteiger partial charge in [-0.05, 0) is 43.2 Å². The minimum Gasteiger partial charge on any atom is -0.493 e. The van der Waals surface area contributed by atoms with Crippen LogP contribution in [0.2, 0.25) is 0 Å². The molecule has 176 valence electrons. The summed E-state index contributed by atoms with van der Waals surface area (Å²) in [5.74, 6) is -0.284. The van der Waals surface area contributed by atoms with Gasteiger partial charge in [-0.2, -0.15) is 27.1 Å². The lowest BCUT2D eigenvalue weighted by molar-refractivity contribution is -0.137. The lowest BCUT2D eigenvalue weighted by atomic mass is 10.1. The number of halogens is 5. The molecular weight excluding hydrogens is 451 g/mol. The smallest absolute Gasteiger partial charge is 0.417 e. The van der Waals surface area contributed by atoms with Crippen molar-refractivity contribution in [3.63, 3.8) is 0 Å². The molecule has 0 saturated heterocycles. The Bertz CT molecular complexity index is 1110. The molecule has 0 unspecified atom stereocenters. The molecule has 0 aliphatic carbocycles. The first-order valence-electron chi connectivity index (χ1n) is 9.58. The number of ether oxygens (including phenoxy) is 2. The summed E-state index contributed by atoms with van der Waals surface area (Å²) in [6.07, 6.45) is -2.21. The summed E-state index contributed by atoms with van der Waals surface area (Å²) in [4.78, 5) is 16.3. The summed E-state index contributed by atoms with van der Waals surface area (Å²) in [5, 5.41) is 6.72. The maximum absolute atomic E-state index is 12.7. The number of aromatic nitrogens is 3. The molecule has 0 aliphatic rings. The maximum atomic E-state index is 12.7. The van der Waals surface area contributed by atoms with Crippen LogP contribution in [0.25, 0.3) is 5.82 Å². The second-order valence-corrected chi connectivity index (χ2v) is 6.83. The van der Waals surface area contributed by atoms with Crippen molar-refractivity contribution in [3.05, 3.63) is 65.1 Å². The van der Waals surface area contributed by atoms with Gasteiger partial charge in [0.05, 0.1) is 30.1 Å². The lowest BCUT2D eigenvalue weighted by Gasteiger charge is -2.12. The lowest BCUT2D eigenvalue weighted by Crippen LogP contribution is -2.26. The number of methoxy groups -OCH3 is 1. The van der Waals surface area contributed by atoms with E-state index in [2.05, 4.69) is 20.1 Å². The molecule has 12 heteroatoms. The van der Waals surface area contributed by atoms with Gasteiger partial charge in [-0.25, -0.2) is 9.67 Å². The Balaban J connectivity index is 1.64. The van der Waals surface area contributed by atoms with E-state index in [1.165, 1.54) is 30.1 Å². The molecule has 2 heterocycles. The van der Waals surface area contributed by atoms with Gasteiger partial charge in [0, 0.05) is 12.7 Å². The van der Waals surface area contributed by atoms with Gasteiger partial charge in [-0.15, -0.1) is 0 Å². The number of carbonyl (C=O) groups is 1. The van der Waals surface area contributed by atoms with Crippen LogP contribution < -0.4 is 14.8 Å². The third-order valence-electron chi connectivity index (χ3n) is 4.69. The first-order valence-corrected chi connectivity index (χ1v) is 9.58. The van der Waals surface area contributed by atoms with Crippen molar-refractivity contribution < 1.29 is 36.2 Å². The Kier molecular flexibility index (Phi) is 7.14. The van der Waals surface area contributed by atoms with E-state index in [1.54, 1.807) is 13.0 Å². The predicted molar refractivity (Wildman–Crippen MR) is 107 cm³/mol. The number of rotatable bonds is 8. The van der Waals surface area contributed by atoms with Gasteiger partial charge in [0.2, 0.25) is 0 Å². The van der Waals surface area contributed by atoms with E-state index in [-0.39, 0.29) is 29.4 Å². The van der Waals surface area contributed by atoms with Crippen LogP contribution in [-0.2, 0) is 12.6 Å². The van der Waals surface area contributed by atoms with E-state index in [1.807, 2.05) is 0 Å². The van der Waals surface area contributed by atoms with E-state index in [4.69, 9.17) is 4.74 Å². The molecule has 3 rings (SSSR count). The van der Waals surface area contributed by atoms with Crippen LogP contribution in [0.15, 0.2) is 42.7 Å². The summed E-state index contributed by atoms with van der Waals surface area (Å²) in [5.41, 5.74) is 0.341. The third-order valence-corrected chi connectivity index (χ3v) is 4.69. The van der Waals surface area contributed by atoms with Crippen LogP contribution in [0.1, 0.15) is 27.2 Å². The predicted octanol–water partition coefficient (Wildman–Crippen LogP) is 4.18. The fraction of sp³-hybridized carbons (Fsp3) is 0.286. The minimum atomic E-state index is -4.51. The van der Waals surface area contributed by atoms with Crippen molar-refractivity contribution >= 4 is 5.91 Å². The summed E-state index contributed by atoms with van der Waals surface area (Å²) >= 11 is 0. The van der Waals surface area contributed by atoms with E-state index >= 15 is 0 Å². The van der Waals surface area contributed by atoms with Crippen molar-refractivity contribution in [3.8, 4) is 17.3 Å². The fourth-order valence-corrected chi connectivity index (χ4v) is 3.02. The molecular formula is C21H19F5N4O3. The van der Waals surface area contributed by atoms with Crippen LogP contribution in [0.4, 0.5) is 22.0 Å². The third kappa shape index (κ3) is 5.76. The highest BCUT2D eigenvalue weighted by molar-refractivity contribution is 5.95. The number of hydrogen-bond acceptors (Lipinski definition) is 5. The van der Waals surface area contributed by atoms with Crippen molar-refractivity contribution in [1.82, 2.24) is 20.1 Å². The zero-order valence-electron chi connectivity index (χ0n) is 17.5. The minimum absolute atomic E-state index is 0.113. The average molecular weight is 470 g/mol. The number of nitrogens with zero attached hydrogens (tertiary/aromatic N) is 3. The van der Waals surface area contributed by atoms with Gasteiger partial charge in [0.25, 0.3) is 5.91 Å². The molecule has 2 aromatic heterocycles. The molecule has 33 heavy (non-hydrogen) atoms. The molecule has 0 saturated carbocycles. The van der Waals surface area contributed by atoms with Gasteiger partial charge < -0.3 is 14.8 Å². The summed E-state index contributed by atoms with van der Waals surface area (Å²) in [6, 6.07) is 6.58. The standard InChI is InChI=1S/C21H19F5N4O3/c1-12-15(11-29-30(12)18-6-4-14(10-28-18)21(24,25)26)19(31)27-8-7-13-3-5-16(32-2)17(9-13)33-20(22)23/h3-6,9-11,20H,7-8H2,1-2H3,(H,27,31). The zero-order valence-corrected chi connectivity index (χ0v) is 17.5. The van der Waals surface area contributed by atoms with Crippen LogP contribution in [-0.4, -0.2) is 40.9 Å². The number of hydrogen-bond donors (Lipinski definition) is 1. The van der Waals surface area contributed by atoms with Crippen LogP contribution in [0.3, 0.4) is 0 Å². The molecule has 0 atom stereocenters. The molecule has 7 nitrogen and oxygen atoms in total. The van der Waals surface area contributed by atoms with Crippen molar-refractivity contribution in [2.75, 3.05) is 13.7 Å². The summed E-state index contributed by atoms with van der Waals surface area (Å²) in [7, 11) is 1.33. The van der Waals surface area contributed by atoms with Crippen molar-refractivity contribution in [2.45, 2.75) is 26.1 Å². The van der Waals surface area contributed by atoms with Gasteiger partial charge in [-0.1, -0.05) is 6.07 Å². The van der Waals surface area contributed by atoms with Crippen LogP contribution >= 0.6 is 0 Å².